The topological polar surface area (TPSA) is 287 Å². The van der Waals surface area contributed by atoms with E-state index in [0.29, 0.717) is 51.2 Å². The van der Waals surface area contributed by atoms with Gasteiger partial charge in [-0.1, -0.05) is 75.6 Å². The van der Waals surface area contributed by atoms with Crippen LogP contribution < -0.4 is 16.0 Å². The number of carbonyl (C=O) groups excluding carboxylic acids is 8. The number of alkyl carbamates (subject to hydrolysis) is 1. The van der Waals surface area contributed by atoms with E-state index >= 15 is 0 Å². The van der Waals surface area contributed by atoms with E-state index in [2.05, 4.69) is 26.0 Å². The first-order chi connectivity index (χ1) is 37.1. The summed E-state index contributed by atoms with van der Waals surface area (Å²) in [5.41, 5.74) is 9.86. The number of cyclic esters (lactones) is 2. The Labute approximate surface area is 459 Å². The van der Waals surface area contributed by atoms with E-state index in [-0.39, 0.29) is 56.8 Å². The Morgan fingerprint density at radius 1 is 0.859 bits per heavy atom. The van der Waals surface area contributed by atoms with Crippen LogP contribution in [0, 0.1) is 11.8 Å². The number of hydrogen-bond acceptors (Lipinski definition) is 15. The van der Waals surface area contributed by atoms with Gasteiger partial charge in [0.05, 0.1) is 38.5 Å². The van der Waals surface area contributed by atoms with Crippen molar-refractivity contribution in [3.63, 3.8) is 0 Å². The summed E-state index contributed by atoms with van der Waals surface area (Å²) in [6, 6.07) is 3.81. The average molecular weight is 1100 g/mol. The molecule has 0 radical (unpaired) electrons. The van der Waals surface area contributed by atoms with Gasteiger partial charge in [-0.05, 0) is 89.8 Å². The molecule has 1 fully saturated rings. The number of nitrogens with zero attached hydrogens (tertiary/aromatic N) is 6. The van der Waals surface area contributed by atoms with E-state index in [9.17, 15) is 38.4 Å². The fraction of sp³-hybridized carbons (Fsp3) is 0.673. The summed E-state index contributed by atoms with van der Waals surface area (Å²) in [6.45, 7) is 18.6. The third kappa shape index (κ3) is 20.0. The second kappa shape index (κ2) is 33.7. The molecule has 2 aliphatic rings. The molecule has 78 heavy (non-hydrogen) atoms. The van der Waals surface area contributed by atoms with Crippen molar-refractivity contribution in [2.24, 2.45) is 17.0 Å². The van der Waals surface area contributed by atoms with Crippen LogP contribution in [0.4, 0.5) is 4.79 Å². The molecule has 0 spiro atoms. The minimum Gasteiger partial charge on any atom is -0.456 e. The minimum atomic E-state index is -1.30. The summed E-state index contributed by atoms with van der Waals surface area (Å²) in [7, 11) is 2.86. The quantitative estimate of drug-likeness (QED) is 0.0284. The molecule has 434 valence electrons. The normalized spacial score (nSPS) is 26.6. The van der Waals surface area contributed by atoms with Crippen LogP contribution in [-0.2, 0) is 68.4 Å². The molecule has 23 nitrogen and oxygen atoms in total. The summed E-state index contributed by atoms with van der Waals surface area (Å²) >= 11 is 0. The molecule has 6 amide bonds. The minimum absolute atomic E-state index is 0.0185. The molecule has 1 aromatic rings. The maximum absolute atomic E-state index is 14.5. The third-order valence-electron chi connectivity index (χ3n) is 14.2. The van der Waals surface area contributed by atoms with Gasteiger partial charge in [-0.2, -0.15) is 0 Å². The van der Waals surface area contributed by atoms with E-state index in [1.165, 1.54) is 49.6 Å². The zero-order chi connectivity index (χ0) is 58.1. The number of amides is 6. The summed E-state index contributed by atoms with van der Waals surface area (Å²) in [4.78, 5) is 119. The largest absolute Gasteiger partial charge is 0.456 e. The highest BCUT2D eigenvalue weighted by Gasteiger charge is 2.46. The second-order valence-corrected chi connectivity index (χ2v) is 20.0. The van der Waals surface area contributed by atoms with E-state index in [1.807, 2.05) is 13.0 Å². The number of rotatable bonds is 20. The molecule has 3 rings (SSSR count). The maximum atomic E-state index is 14.5. The Hall–Kier alpha value is -6.55. The standard InChI is InChI=1S/C55H85N9O14/c1-13-34(4)47-49(66)58-39(9)54(71)78-48(35(5)14-2)38(8)44(15-3)77-55(72)59-42(23-19-25-73-27-29-75-30-28-74-26-20-24-57-61-56)37(7)53(70)76-45-31-36(6)64(52(45)69)40(10)50(67)63(12)43(32-41-21-17-16-18-22-41)51(68)62(11)33-46(65)60-47/h14,16-18,21-22,34,36,38-40,43-45,47-48H,13,15,19-20,23-33H2,1-12H3,(H,58,66)(H,59,72)(H,60,65)/b35-14+,42-37-/t34?,36?,38-,39+,40-,43+,44-,45+,47-,48+/m0/s1. The second-order valence-electron chi connectivity index (χ2n) is 20.0. The first kappa shape index (κ1) is 65.7. The number of azide groups is 1. The number of nitrogens with one attached hydrogen (secondary N) is 3. The fourth-order valence-corrected chi connectivity index (χ4v) is 9.12. The van der Waals surface area contributed by atoms with Crippen molar-refractivity contribution >= 4 is 47.6 Å². The first-order valence-electron chi connectivity index (χ1n) is 27.0. The van der Waals surface area contributed by atoms with Gasteiger partial charge in [-0.3, -0.25) is 29.3 Å². The van der Waals surface area contributed by atoms with E-state index in [4.69, 9.17) is 34.0 Å². The summed E-state index contributed by atoms with van der Waals surface area (Å²) in [6.07, 6.45) is -0.352. The molecule has 2 aliphatic heterocycles. The molecule has 10 atom stereocenters. The summed E-state index contributed by atoms with van der Waals surface area (Å²) in [5.74, 6) is -5.87. The number of ether oxygens (including phenoxy) is 6. The molecule has 23 heteroatoms. The van der Waals surface area contributed by atoms with E-state index in [0.717, 1.165) is 5.56 Å². The predicted molar refractivity (Wildman–Crippen MR) is 289 cm³/mol. The number of fused-ring (bicyclic) bond motifs is 2. The first-order valence-corrected chi connectivity index (χ1v) is 27.0. The zero-order valence-corrected chi connectivity index (χ0v) is 47.7. The lowest BCUT2D eigenvalue weighted by Crippen LogP contribution is -2.58. The van der Waals surface area contributed by atoms with Gasteiger partial charge in [-0.15, -0.1) is 0 Å². The van der Waals surface area contributed by atoms with Crippen molar-refractivity contribution < 1.29 is 66.8 Å². The van der Waals surface area contributed by atoms with Crippen LogP contribution in [-0.4, -0.2) is 178 Å². The van der Waals surface area contributed by atoms with Crippen molar-refractivity contribution in [2.75, 3.05) is 66.8 Å². The Balaban J connectivity index is 2.01. The van der Waals surface area contributed by atoms with Gasteiger partial charge in [0.1, 0.15) is 36.4 Å². The molecule has 1 saturated heterocycles. The number of carbonyl (C=O) groups is 8. The van der Waals surface area contributed by atoms with Gasteiger partial charge in [0.25, 0.3) is 5.91 Å². The third-order valence-corrected chi connectivity index (χ3v) is 14.2. The van der Waals surface area contributed by atoms with Gasteiger partial charge in [-0.25, -0.2) is 14.4 Å². The number of allylic oxidation sites excluding steroid dienone is 2. The lowest BCUT2D eigenvalue weighted by Gasteiger charge is -2.36. The molecule has 1 aromatic carbocycles. The van der Waals surface area contributed by atoms with Gasteiger partial charge in [0.2, 0.25) is 23.6 Å². The smallest absolute Gasteiger partial charge is 0.411 e. The number of likely N-dealkylation sites (N-methyl/N-ethyl adjacent to an activating group) is 2. The zero-order valence-electron chi connectivity index (χ0n) is 47.7. The van der Waals surface area contributed by atoms with Gasteiger partial charge in [0.15, 0.2) is 6.10 Å². The van der Waals surface area contributed by atoms with Crippen LogP contribution in [0.5, 0.6) is 0 Å². The molecule has 2 heterocycles. The van der Waals surface area contributed by atoms with Crippen LogP contribution in [0.3, 0.4) is 0 Å². The molecular weight excluding hydrogens is 1010 g/mol. The fourth-order valence-electron chi connectivity index (χ4n) is 9.12. The van der Waals surface area contributed by atoms with Gasteiger partial charge in [0, 0.05) is 69.3 Å². The Kier molecular flexibility index (Phi) is 28.4. The van der Waals surface area contributed by atoms with Crippen LogP contribution in [0.2, 0.25) is 0 Å². The lowest BCUT2D eigenvalue weighted by molar-refractivity contribution is -0.156. The monoisotopic (exact) mass is 1100 g/mol. The summed E-state index contributed by atoms with van der Waals surface area (Å²) in [5, 5.41) is 11.6. The van der Waals surface area contributed by atoms with E-state index < -0.39 is 114 Å². The molecule has 3 N–H and O–H groups in total. The highest BCUT2D eigenvalue weighted by Crippen LogP contribution is 2.28. The van der Waals surface area contributed by atoms with Crippen molar-refractivity contribution in [1.29, 1.82) is 0 Å². The highest BCUT2D eigenvalue weighted by atomic mass is 16.6. The molecule has 2 unspecified atom stereocenters. The van der Waals surface area contributed by atoms with Crippen LogP contribution in [0.15, 0.2) is 58.4 Å². The van der Waals surface area contributed by atoms with Gasteiger partial charge >= 0.3 is 18.0 Å². The van der Waals surface area contributed by atoms with Gasteiger partial charge < -0.3 is 53.8 Å². The Morgan fingerprint density at radius 3 is 2.09 bits per heavy atom. The van der Waals surface area contributed by atoms with Crippen molar-refractivity contribution in [3.8, 4) is 0 Å². The molecule has 0 saturated carbocycles. The SMILES string of the molecule is C/C=C(\C)[C@H]1OC(=O)[C@@H](C)NC(=O)[C@H](C(C)CC)NC(=O)CN(C)C(=O)[C@@H](Cc2ccccc2)N(C)C(=O)[C@H](C)N2C(=O)[C@@H](CC2C)OC(=O)/C(C)=C(/CCCOCCOCCOCCCN=[N+]=[N-])NC(=O)O[C@@H](CC)[C@@H]1C. The average Bonchev–Trinajstić information content (AvgIpc) is 3.70. The Morgan fingerprint density at radius 2 is 1.49 bits per heavy atom. The predicted octanol–water partition coefficient (Wildman–Crippen LogP) is 5.31. The van der Waals surface area contributed by atoms with Crippen LogP contribution in [0.25, 0.3) is 10.4 Å². The number of hydrogen-bond donors (Lipinski definition) is 3. The van der Waals surface area contributed by atoms with E-state index in [1.54, 1.807) is 71.9 Å². The number of benzene rings is 1. The maximum Gasteiger partial charge on any atom is 0.411 e. The van der Waals surface area contributed by atoms with Crippen molar-refractivity contribution in [1.82, 2.24) is 30.7 Å². The molecule has 2 bridgehead atoms. The lowest BCUT2D eigenvalue weighted by atomic mass is 9.91. The van der Waals surface area contributed by atoms with Crippen molar-refractivity contribution in [3.05, 3.63) is 69.3 Å². The summed E-state index contributed by atoms with van der Waals surface area (Å²) < 4.78 is 34.7. The molecule has 0 aromatic heterocycles. The molecule has 0 aliphatic carbocycles. The molecular formula is C55H85N9O14. The highest BCUT2D eigenvalue weighted by molar-refractivity contribution is 5.97. The number of esters is 2. The van der Waals surface area contributed by atoms with Crippen LogP contribution >= 0.6 is 0 Å². The Bertz CT molecular complexity index is 2290. The van der Waals surface area contributed by atoms with Crippen LogP contribution in [0.1, 0.15) is 113 Å². The van der Waals surface area contributed by atoms with Crippen molar-refractivity contribution in [2.45, 2.75) is 163 Å².